The molecule has 6 nitrogen and oxygen atoms in total. The third kappa shape index (κ3) is 4.46. The molecular formula is C12H15N3O3S. The van der Waals surface area contributed by atoms with Gasteiger partial charge in [-0.15, -0.1) is 10.2 Å². The maximum Gasteiger partial charge on any atom is 0.231 e. The molecule has 19 heavy (non-hydrogen) atoms. The summed E-state index contributed by atoms with van der Waals surface area (Å²) in [5.74, 6) is 0.712. The standard InChI is InChI=1S/C12H15N3O3S/c1-10-14-15-12(18-10)9-13-19(16,17)8-7-11-5-3-2-4-6-11/h2-6,13H,7-9H2,1H3. The first-order chi connectivity index (χ1) is 9.05. The average Bonchev–Trinajstić information content (AvgIpc) is 2.82. The summed E-state index contributed by atoms with van der Waals surface area (Å²) in [6, 6.07) is 9.47. The molecule has 0 saturated heterocycles. The van der Waals surface area contributed by atoms with Gasteiger partial charge in [-0.25, -0.2) is 13.1 Å². The summed E-state index contributed by atoms with van der Waals surface area (Å²) < 4.78 is 31.1. The quantitative estimate of drug-likeness (QED) is 0.855. The Labute approximate surface area is 111 Å². The summed E-state index contributed by atoms with van der Waals surface area (Å²) in [6.07, 6.45) is 0.471. The second-order valence-electron chi connectivity index (χ2n) is 4.09. The third-order valence-corrected chi connectivity index (χ3v) is 3.84. The summed E-state index contributed by atoms with van der Waals surface area (Å²) in [4.78, 5) is 0. The summed E-state index contributed by atoms with van der Waals surface area (Å²) in [7, 11) is -3.35. The molecule has 0 aliphatic heterocycles. The van der Waals surface area contributed by atoms with Crippen molar-refractivity contribution >= 4 is 10.0 Å². The molecule has 0 radical (unpaired) electrons. The number of hydrogen-bond donors (Lipinski definition) is 1. The minimum atomic E-state index is -3.35. The summed E-state index contributed by atoms with van der Waals surface area (Å²) >= 11 is 0. The highest BCUT2D eigenvalue weighted by Crippen LogP contribution is 2.02. The molecule has 1 N–H and O–H groups in total. The molecule has 0 saturated carbocycles. The molecule has 0 atom stereocenters. The Morgan fingerprint density at radius 1 is 1.21 bits per heavy atom. The molecule has 1 heterocycles. The Balaban J connectivity index is 1.85. The van der Waals surface area contributed by atoms with Gasteiger partial charge in [-0.2, -0.15) is 0 Å². The SMILES string of the molecule is Cc1nnc(CNS(=O)(=O)CCc2ccccc2)o1. The van der Waals surface area contributed by atoms with Crippen LogP contribution in [0.5, 0.6) is 0 Å². The van der Waals surface area contributed by atoms with E-state index in [4.69, 9.17) is 4.42 Å². The van der Waals surface area contributed by atoms with E-state index in [1.54, 1.807) is 6.92 Å². The zero-order valence-corrected chi connectivity index (χ0v) is 11.4. The molecule has 2 aromatic rings. The van der Waals surface area contributed by atoms with Crippen LogP contribution in [0, 0.1) is 6.92 Å². The number of sulfonamides is 1. The third-order valence-electron chi connectivity index (χ3n) is 2.51. The number of benzene rings is 1. The molecule has 0 bridgehead atoms. The van der Waals surface area contributed by atoms with E-state index >= 15 is 0 Å². The lowest BCUT2D eigenvalue weighted by Gasteiger charge is -2.04. The van der Waals surface area contributed by atoms with Crippen LogP contribution in [-0.2, 0) is 23.0 Å². The normalized spacial score (nSPS) is 11.6. The van der Waals surface area contributed by atoms with Gasteiger partial charge in [-0.3, -0.25) is 0 Å². The highest BCUT2D eigenvalue weighted by molar-refractivity contribution is 7.89. The van der Waals surface area contributed by atoms with Crippen LogP contribution < -0.4 is 4.72 Å². The van der Waals surface area contributed by atoms with Crippen LogP contribution in [0.15, 0.2) is 34.7 Å². The smallest absolute Gasteiger partial charge is 0.231 e. The molecular weight excluding hydrogens is 266 g/mol. The Morgan fingerprint density at radius 2 is 1.95 bits per heavy atom. The van der Waals surface area contributed by atoms with Crippen LogP contribution in [0.2, 0.25) is 0 Å². The Morgan fingerprint density at radius 3 is 2.58 bits per heavy atom. The Kier molecular flexibility index (Phi) is 4.28. The fourth-order valence-electron chi connectivity index (χ4n) is 1.55. The minimum absolute atomic E-state index is 0.0258. The maximum atomic E-state index is 11.8. The van der Waals surface area contributed by atoms with Crippen molar-refractivity contribution in [2.24, 2.45) is 0 Å². The minimum Gasteiger partial charge on any atom is -0.424 e. The molecule has 0 unspecified atom stereocenters. The topological polar surface area (TPSA) is 85.1 Å². The fraction of sp³-hybridized carbons (Fsp3) is 0.333. The van der Waals surface area contributed by atoms with Gasteiger partial charge in [-0.1, -0.05) is 30.3 Å². The molecule has 1 aromatic carbocycles. The molecule has 0 fully saturated rings. The zero-order chi connectivity index (χ0) is 13.7. The predicted octanol–water partition coefficient (Wildman–Crippen LogP) is 1.04. The first-order valence-corrected chi connectivity index (χ1v) is 7.51. The lowest BCUT2D eigenvalue weighted by atomic mass is 10.2. The first kappa shape index (κ1) is 13.7. The van der Waals surface area contributed by atoms with Gasteiger partial charge in [0.2, 0.25) is 21.8 Å². The Hall–Kier alpha value is -1.73. The fourth-order valence-corrected chi connectivity index (χ4v) is 2.54. The van der Waals surface area contributed by atoms with E-state index in [2.05, 4.69) is 14.9 Å². The van der Waals surface area contributed by atoms with E-state index in [0.717, 1.165) is 5.56 Å². The van der Waals surface area contributed by atoms with Crippen molar-refractivity contribution in [3.63, 3.8) is 0 Å². The number of aryl methyl sites for hydroxylation is 2. The lowest BCUT2D eigenvalue weighted by molar-refractivity contribution is 0.460. The molecule has 1 aromatic heterocycles. The maximum absolute atomic E-state index is 11.8. The van der Waals surface area contributed by atoms with Crippen LogP contribution in [0.4, 0.5) is 0 Å². The van der Waals surface area contributed by atoms with Gasteiger partial charge in [0, 0.05) is 6.92 Å². The number of nitrogens with zero attached hydrogens (tertiary/aromatic N) is 2. The molecule has 0 aliphatic carbocycles. The molecule has 2 rings (SSSR count). The van der Waals surface area contributed by atoms with Gasteiger partial charge in [0.05, 0.1) is 12.3 Å². The van der Waals surface area contributed by atoms with Crippen molar-refractivity contribution < 1.29 is 12.8 Å². The van der Waals surface area contributed by atoms with Crippen LogP contribution in [0.1, 0.15) is 17.3 Å². The molecule has 0 spiro atoms. The van der Waals surface area contributed by atoms with Crippen LogP contribution in [-0.4, -0.2) is 24.4 Å². The van der Waals surface area contributed by atoms with E-state index in [0.29, 0.717) is 12.3 Å². The number of nitrogens with one attached hydrogen (secondary N) is 1. The number of aromatic nitrogens is 2. The van der Waals surface area contributed by atoms with Gasteiger partial charge < -0.3 is 4.42 Å². The lowest BCUT2D eigenvalue weighted by Crippen LogP contribution is -2.27. The van der Waals surface area contributed by atoms with Gasteiger partial charge in [0.25, 0.3) is 0 Å². The highest BCUT2D eigenvalue weighted by Gasteiger charge is 2.12. The summed E-state index contributed by atoms with van der Waals surface area (Å²) in [5, 5.41) is 7.35. The van der Waals surface area contributed by atoms with Crippen molar-refractivity contribution in [3.05, 3.63) is 47.7 Å². The molecule has 102 valence electrons. The average molecular weight is 281 g/mol. The van der Waals surface area contributed by atoms with Crippen molar-refractivity contribution in [2.45, 2.75) is 19.9 Å². The second kappa shape index (κ2) is 5.94. The van der Waals surface area contributed by atoms with Crippen molar-refractivity contribution in [1.29, 1.82) is 0 Å². The second-order valence-corrected chi connectivity index (χ2v) is 6.02. The monoisotopic (exact) mass is 281 g/mol. The Bertz CT molecular complexity index is 623. The van der Waals surface area contributed by atoms with Crippen LogP contribution in [0.25, 0.3) is 0 Å². The van der Waals surface area contributed by atoms with Crippen LogP contribution >= 0.6 is 0 Å². The number of hydrogen-bond acceptors (Lipinski definition) is 5. The van der Waals surface area contributed by atoms with Gasteiger partial charge in [-0.05, 0) is 12.0 Å². The van der Waals surface area contributed by atoms with Gasteiger partial charge >= 0.3 is 0 Å². The number of rotatable bonds is 6. The van der Waals surface area contributed by atoms with E-state index in [9.17, 15) is 8.42 Å². The van der Waals surface area contributed by atoms with Crippen molar-refractivity contribution in [1.82, 2.24) is 14.9 Å². The van der Waals surface area contributed by atoms with Crippen molar-refractivity contribution in [3.8, 4) is 0 Å². The molecule has 7 heteroatoms. The highest BCUT2D eigenvalue weighted by atomic mass is 32.2. The zero-order valence-electron chi connectivity index (χ0n) is 10.5. The van der Waals surface area contributed by atoms with Gasteiger partial charge in [0.1, 0.15) is 0 Å². The van der Waals surface area contributed by atoms with E-state index in [-0.39, 0.29) is 18.2 Å². The molecule has 0 aliphatic rings. The van der Waals surface area contributed by atoms with E-state index < -0.39 is 10.0 Å². The van der Waals surface area contributed by atoms with Crippen LogP contribution in [0.3, 0.4) is 0 Å². The summed E-state index contributed by atoms with van der Waals surface area (Å²) in [6.45, 7) is 1.68. The van der Waals surface area contributed by atoms with E-state index in [1.807, 2.05) is 30.3 Å². The summed E-state index contributed by atoms with van der Waals surface area (Å²) in [5.41, 5.74) is 0.988. The predicted molar refractivity (Wildman–Crippen MR) is 69.8 cm³/mol. The largest absolute Gasteiger partial charge is 0.424 e. The van der Waals surface area contributed by atoms with Gasteiger partial charge in [0.15, 0.2) is 0 Å². The first-order valence-electron chi connectivity index (χ1n) is 5.85. The van der Waals surface area contributed by atoms with E-state index in [1.165, 1.54) is 0 Å². The molecule has 0 amide bonds. The van der Waals surface area contributed by atoms with Crippen molar-refractivity contribution in [2.75, 3.05) is 5.75 Å².